The van der Waals surface area contributed by atoms with Crippen LogP contribution < -0.4 is 16.0 Å². The molecule has 0 aliphatic carbocycles. The van der Waals surface area contributed by atoms with Crippen molar-refractivity contribution in [2.24, 2.45) is 13.0 Å². The van der Waals surface area contributed by atoms with Crippen LogP contribution in [0.25, 0.3) is 0 Å². The van der Waals surface area contributed by atoms with E-state index in [1.165, 1.54) is 27.2 Å². The van der Waals surface area contributed by atoms with Gasteiger partial charge in [0.1, 0.15) is 28.7 Å². The van der Waals surface area contributed by atoms with Gasteiger partial charge in [0, 0.05) is 31.9 Å². The number of aromatic nitrogens is 4. The molecule has 45 heavy (non-hydrogen) atoms. The van der Waals surface area contributed by atoms with Gasteiger partial charge in [-0.3, -0.25) is 23.9 Å². The lowest BCUT2D eigenvalue weighted by Gasteiger charge is -2.25. The van der Waals surface area contributed by atoms with E-state index in [0.29, 0.717) is 17.1 Å². The van der Waals surface area contributed by atoms with E-state index in [0.717, 1.165) is 5.56 Å². The number of thiazole rings is 1. The number of halogens is 1. The summed E-state index contributed by atoms with van der Waals surface area (Å²) in [6, 6.07) is 8.26. The Labute approximate surface area is 268 Å². The zero-order valence-electron chi connectivity index (χ0n) is 25.2. The van der Waals surface area contributed by atoms with E-state index in [2.05, 4.69) is 31.0 Å². The van der Waals surface area contributed by atoms with Crippen LogP contribution in [0.1, 0.15) is 79.6 Å². The predicted molar refractivity (Wildman–Crippen MR) is 166 cm³/mol. The SMILES string of the molecule is Cc1nn(C)c(C(=O)N2CCNC(=O)c3coc(n3)[C@H](Cc3ccccc3)NC(=O)c3csc(n3)[C@H](C(C)C)NC(=O)C2)c1Cl. The maximum Gasteiger partial charge on any atom is 0.274 e. The van der Waals surface area contributed by atoms with Crippen LogP contribution in [0.5, 0.6) is 0 Å². The molecular formula is C30H33ClN8O5S. The monoisotopic (exact) mass is 652 g/mol. The minimum absolute atomic E-state index is 0.00211. The number of hydrogen-bond acceptors (Lipinski definition) is 9. The molecule has 3 aromatic heterocycles. The Bertz CT molecular complexity index is 1720. The van der Waals surface area contributed by atoms with Crippen molar-refractivity contribution in [3.05, 3.63) is 86.2 Å². The Morgan fingerprint density at radius 2 is 1.87 bits per heavy atom. The number of aryl methyl sites for hydroxylation is 2. The summed E-state index contributed by atoms with van der Waals surface area (Å²) in [7, 11) is 1.59. The third kappa shape index (κ3) is 7.23. The largest absolute Gasteiger partial charge is 0.446 e. The molecule has 4 heterocycles. The first-order valence-electron chi connectivity index (χ1n) is 14.3. The van der Waals surface area contributed by atoms with Crippen LogP contribution in [0.3, 0.4) is 0 Å². The Kier molecular flexibility index (Phi) is 9.63. The van der Waals surface area contributed by atoms with Gasteiger partial charge in [-0.1, -0.05) is 55.8 Å². The molecule has 13 nitrogen and oxygen atoms in total. The van der Waals surface area contributed by atoms with Crippen molar-refractivity contribution in [3.63, 3.8) is 0 Å². The highest BCUT2D eigenvalue weighted by Gasteiger charge is 2.30. The lowest BCUT2D eigenvalue weighted by Crippen LogP contribution is -2.46. The molecule has 4 bridgehead atoms. The van der Waals surface area contributed by atoms with Gasteiger partial charge in [0.2, 0.25) is 11.8 Å². The molecule has 0 saturated carbocycles. The third-order valence-electron chi connectivity index (χ3n) is 7.29. The number of fused-ring (bicyclic) bond motifs is 4. The highest BCUT2D eigenvalue weighted by molar-refractivity contribution is 7.09. The topological polar surface area (TPSA) is 164 Å². The molecule has 0 fully saturated rings. The second-order valence-corrected chi connectivity index (χ2v) is 12.3. The second kappa shape index (κ2) is 13.6. The van der Waals surface area contributed by atoms with Gasteiger partial charge in [-0.25, -0.2) is 9.97 Å². The number of rotatable bonds is 4. The van der Waals surface area contributed by atoms with Crippen LogP contribution in [-0.2, 0) is 18.3 Å². The summed E-state index contributed by atoms with van der Waals surface area (Å²) >= 11 is 7.65. The van der Waals surface area contributed by atoms with Crippen LogP contribution in [0.15, 0.2) is 46.4 Å². The molecule has 4 aromatic rings. The standard InChI is InChI=1S/C30H33ClN8O5S/c1-16(2)24-29-35-21(15-45-29)27(42)33-19(12-18-8-6-5-7-9-18)28-34-20(14-44-28)26(41)32-10-11-39(13-22(40)36-24)30(43)25-23(31)17(3)37-38(25)4/h5-9,14-16,19,24H,10-13H2,1-4H3,(H,32,41)(H,33,42)(H,36,40)/t19-,24-/m0/s1. The Hall–Kier alpha value is -4.56. The van der Waals surface area contributed by atoms with Crippen LogP contribution in [0.4, 0.5) is 0 Å². The van der Waals surface area contributed by atoms with Crippen molar-refractivity contribution in [2.75, 3.05) is 19.6 Å². The van der Waals surface area contributed by atoms with Gasteiger partial charge in [0.05, 0.1) is 23.3 Å². The first kappa shape index (κ1) is 31.9. The summed E-state index contributed by atoms with van der Waals surface area (Å²) in [6.45, 7) is 5.19. The zero-order chi connectivity index (χ0) is 32.2. The van der Waals surface area contributed by atoms with E-state index in [4.69, 9.17) is 16.0 Å². The summed E-state index contributed by atoms with van der Waals surface area (Å²) < 4.78 is 7.05. The number of benzene rings is 1. The molecular weight excluding hydrogens is 620 g/mol. The van der Waals surface area contributed by atoms with Gasteiger partial charge in [-0.15, -0.1) is 11.3 Å². The molecule has 1 aliphatic rings. The second-order valence-electron chi connectivity index (χ2n) is 11.0. The minimum atomic E-state index is -0.703. The van der Waals surface area contributed by atoms with E-state index in [9.17, 15) is 19.2 Å². The Morgan fingerprint density at radius 1 is 1.11 bits per heavy atom. The van der Waals surface area contributed by atoms with E-state index < -0.39 is 35.7 Å². The van der Waals surface area contributed by atoms with Crippen molar-refractivity contribution < 1.29 is 23.6 Å². The molecule has 15 heteroatoms. The van der Waals surface area contributed by atoms with Crippen LogP contribution in [0.2, 0.25) is 5.02 Å². The number of nitrogens with zero attached hydrogens (tertiary/aromatic N) is 5. The summed E-state index contributed by atoms with van der Waals surface area (Å²) in [6.07, 6.45) is 1.56. The van der Waals surface area contributed by atoms with Crippen molar-refractivity contribution in [1.29, 1.82) is 0 Å². The number of hydrogen-bond donors (Lipinski definition) is 3. The van der Waals surface area contributed by atoms with Crippen LogP contribution >= 0.6 is 22.9 Å². The van der Waals surface area contributed by atoms with Gasteiger partial charge < -0.3 is 25.3 Å². The van der Waals surface area contributed by atoms with Crippen LogP contribution in [-0.4, -0.2) is 67.9 Å². The molecule has 0 saturated heterocycles. The van der Waals surface area contributed by atoms with Crippen LogP contribution in [0, 0.1) is 12.8 Å². The molecule has 1 aromatic carbocycles. The van der Waals surface area contributed by atoms with E-state index >= 15 is 0 Å². The molecule has 2 atom stereocenters. The molecule has 3 N–H and O–H groups in total. The zero-order valence-corrected chi connectivity index (χ0v) is 26.7. The lowest BCUT2D eigenvalue weighted by molar-refractivity contribution is -0.122. The molecule has 236 valence electrons. The summed E-state index contributed by atoms with van der Waals surface area (Å²) in [4.78, 5) is 63.7. The average molecular weight is 653 g/mol. The maximum absolute atomic E-state index is 13.7. The minimum Gasteiger partial charge on any atom is -0.446 e. The van der Waals surface area contributed by atoms with Gasteiger partial charge in [-0.2, -0.15) is 5.10 Å². The lowest BCUT2D eigenvalue weighted by atomic mass is 10.0. The smallest absolute Gasteiger partial charge is 0.274 e. The van der Waals surface area contributed by atoms with Crippen molar-refractivity contribution in [2.45, 2.75) is 39.3 Å². The van der Waals surface area contributed by atoms with Gasteiger partial charge in [0.15, 0.2) is 5.69 Å². The number of nitrogens with one attached hydrogen (secondary N) is 3. The third-order valence-corrected chi connectivity index (χ3v) is 8.67. The normalized spacial score (nSPS) is 18.2. The highest BCUT2D eigenvalue weighted by atomic mass is 35.5. The average Bonchev–Trinajstić information content (AvgIpc) is 3.74. The molecule has 4 amide bonds. The molecule has 0 spiro atoms. The fourth-order valence-corrected chi connectivity index (χ4v) is 6.20. The van der Waals surface area contributed by atoms with E-state index in [1.807, 2.05) is 44.2 Å². The summed E-state index contributed by atoms with van der Waals surface area (Å²) in [5.74, 6) is -1.92. The fourth-order valence-electron chi connectivity index (χ4n) is 4.94. The molecule has 0 radical (unpaired) electrons. The first-order chi connectivity index (χ1) is 21.5. The van der Waals surface area contributed by atoms with Gasteiger partial charge in [0.25, 0.3) is 17.7 Å². The van der Waals surface area contributed by atoms with E-state index in [1.54, 1.807) is 19.4 Å². The van der Waals surface area contributed by atoms with Gasteiger partial charge >= 0.3 is 0 Å². The number of carbonyl (C=O) groups is 4. The quantitative estimate of drug-likeness (QED) is 0.302. The predicted octanol–water partition coefficient (Wildman–Crippen LogP) is 3.24. The number of amides is 4. The number of oxazole rings is 1. The number of carbonyl (C=O) groups excluding carboxylic acids is 4. The van der Waals surface area contributed by atoms with E-state index in [-0.39, 0.29) is 53.5 Å². The van der Waals surface area contributed by atoms with Crippen molar-refractivity contribution in [1.82, 2.24) is 40.6 Å². The molecule has 5 rings (SSSR count). The van der Waals surface area contributed by atoms with Crippen molar-refractivity contribution in [3.8, 4) is 0 Å². The fraction of sp³-hybridized carbons (Fsp3) is 0.367. The first-order valence-corrected chi connectivity index (χ1v) is 15.6. The Morgan fingerprint density at radius 3 is 2.56 bits per heavy atom. The molecule has 1 aliphatic heterocycles. The Balaban J connectivity index is 1.49. The molecule has 0 unspecified atom stereocenters. The summed E-state index contributed by atoms with van der Waals surface area (Å²) in [5, 5.41) is 15.2. The summed E-state index contributed by atoms with van der Waals surface area (Å²) in [5.41, 5.74) is 1.67. The van der Waals surface area contributed by atoms with Gasteiger partial charge in [-0.05, 0) is 18.4 Å². The highest BCUT2D eigenvalue weighted by Crippen LogP contribution is 2.27. The van der Waals surface area contributed by atoms with Crippen molar-refractivity contribution >= 4 is 46.6 Å². The maximum atomic E-state index is 13.7.